The van der Waals surface area contributed by atoms with E-state index in [0.717, 1.165) is 12.0 Å². The van der Waals surface area contributed by atoms with Crippen LogP contribution >= 0.6 is 0 Å². The van der Waals surface area contributed by atoms with Crippen LogP contribution in [0, 0.1) is 0 Å². The van der Waals surface area contributed by atoms with Crippen LogP contribution in [0.25, 0.3) is 0 Å². The number of alkyl carbamates (subject to hydrolysis) is 1. The summed E-state index contributed by atoms with van der Waals surface area (Å²) in [6.45, 7) is 11.1. The van der Waals surface area contributed by atoms with Gasteiger partial charge in [-0.2, -0.15) is 0 Å². The molecule has 0 heterocycles. The molecular formula is C35H45N3O6. The highest BCUT2D eigenvalue weighted by atomic mass is 16.6. The third kappa shape index (κ3) is 9.49. The number of carbonyl (C=O) groups is 3. The maximum atomic E-state index is 14.6. The van der Waals surface area contributed by atoms with Gasteiger partial charge in [0.05, 0.1) is 7.11 Å². The zero-order chi connectivity index (χ0) is 32.4. The van der Waals surface area contributed by atoms with Gasteiger partial charge in [-0.15, -0.1) is 0 Å². The lowest BCUT2D eigenvalue weighted by Gasteiger charge is -2.38. The van der Waals surface area contributed by atoms with E-state index >= 15 is 0 Å². The fourth-order valence-corrected chi connectivity index (χ4v) is 4.75. The molecule has 3 aromatic carbocycles. The van der Waals surface area contributed by atoms with Gasteiger partial charge >= 0.3 is 6.09 Å². The highest BCUT2D eigenvalue weighted by molar-refractivity contribution is 5.99. The summed E-state index contributed by atoms with van der Waals surface area (Å²) in [5.41, 5.74) is 2.22. The van der Waals surface area contributed by atoms with Gasteiger partial charge in [0.15, 0.2) is 0 Å². The van der Waals surface area contributed by atoms with Crippen LogP contribution in [0.1, 0.15) is 70.7 Å². The smallest absolute Gasteiger partial charge is 0.408 e. The van der Waals surface area contributed by atoms with Crippen LogP contribution < -0.4 is 15.4 Å². The molecule has 9 heteroatoms. The largest absolute Gasteiger partial charge is 0.508 e. The third-order valence-electron chi connectivity index (χ3n) is 7.27. The summed E-state index contributed by atoms with van der Waals surface area (Å²) in [6, 6.07) is 18.6. The molecule has 0 spiro atoms. The van der Waals surface area contributed by atoms with Crippen LogP contribution in [0.4, 0.5) is 10.5 Å². The minimum absolute atomic E-state index is 0.0868. The first-order chi connectivity index (χ1) is 20.8. The number of methoxy groups -OCH3 is 1. The number of aryl methyl sites for hydroxylation is 1. The van der Waals surface area contributed by atoms with Crippen molar-refractivity contribution in [3.63, 3.8) is 0 Å². The van der Waals surface area contributed by atoms with Crippen molar-refractivity contribution in [2.45, 2.75) is 84.5 Å². The van der Waals surface area contributed by atoms with E-state index in [1.807, 2.05) is 45.0 Å². The minimum atomic E-state index is -1.06. The number of ether oxygens (including phenoxy) is 2. The number of hydrogen-bond donors (Lipinski definition) is 3. The lowest BCUT2D eigenvalue weighted by atomic mass is 9.97. The van der Waals surface area contributed by atoms with Gasteiger partial charge in [0.25, 0.3) is 5.91 Å². The van der Waals surface area contributed by atoms with Crippen LogP contribution in [-0.2, 0) is 27.2 Å². The Morgan fingerprint density at radius 3 is 2.00 bits per heavy atom. The first-order valence-corrected chi connectivity index (χ1v) is 15.0. The average Bonchev–Trinajstić information content (AvgIpc) is 2.99. The van der Waals surface area contributed by atoms with Crippen LogP contribution in [0.15, 0.2) is 72.8 Å². The molecule has 44 heavy (non-hydrogen) atoms. The molecule has 3 atom stereocenters. The molecule has 0 bridgehead atoms. The SMILES string of the molecule is CCc1ccc(C(C(=O)Nc2ccc(OC)cc2)N(C(=O)C(Cc2ccc(O)cc2)NC(=O)OC(C)(C)C)C(C)CC)cc1. The quantitative estimate of drug-likeness (QED) is 0.220. The van der Waals surface area contributed by atoms with Crippen molar-refractivity contribution < 1.29 is 29.0 Å². The van der Waals surface area contributed by atoms with Crippen molar-refractivity contribution in [1.82, 2.24) is 10.2 Å². The molecule has 9 nitrogen and oxygen atoms in total. The lowest BCUT2D eigenvalue weighted by molar-refractivity contribution is -0.143. The molecule has 0 saturated heterocycles. The van der Waals surface area contributed by atoms with Crippen molar-refractivity contribution in [3.8, 4) is 11.5 Å². The molecule has 0 radical (unpaired) electrons. The van der Waals surface area contributed by atoms with Crippen molar-refractivity contribution in [2.75, 3.05) is 12.4 Å². The topological polar surface area (TPSA) is 117 Å². The lowest BCUT2D eigenvalue weighted by Crippen LogP contribution is -2.55. The average molecular weight is 604 g/mol. The van der Waals surface area contributed by atoms with Crippen molar-refractivity contribution in [1.29, 1.82) is 0 Å². The number of hydrogen-bond acceptors (Lipinski definition) is 6. The molecule has 0 aliphatic rings. The number of carbonyl (C=O) groups excluding carboxylic acids is 3. The summed E-state index contributed by atoms with van der Waals surface area (Å²) in [5, 5.41) is 15.5. The summed E-state index contributed by atoms with van der Waals surface area (Å²) in [7, 11) is 1.57. The number of anilines is 1. The molecule has 3 aromatic rings. The number of phenolic OH excluding ortho intramolecular Hbond substituents is 1. The van der Waals surface area contributed by atoms with E-state index in [2.05, 4.69) is 10.6 Å². The summed E-state index contributed by atoms with van der Waals surface area (Å²) in [6.07, 6.45) is 0.757. The highest BCUT2D eigenvalue weighted by Crippen LogP contribution is 2.29. The number of benzene rings is 3. The van der Waals surface area contributed by atoms with Crippen LogP contribution in [0.2, 0.25) is 0 Å². The molecule has 0 saturated carbocycles. The van der Waals surface area contributed by atoms with E-state index in [-0.39, 0.29) is 18.2 Å². The molecule has 0 aliphatic carbocycles. The molecule has 236 valence electrons. The fraction of sp³-hybridized carbons (Fsp3) is 0.400. The Hall–Kier alpha value is -4.53. The number of nitrogens with one attached hydrogen (secondary N) is 2. The standard InChI is InChI=1S/C35H45N3O6/c1-8-23(3)38(33(41)30(37-34(42)44-35(4,5)6)22-25-12-18-28(39)19-13-25)31(26-14-10-24(9-2)11-15-26)32(40)36-27-16-20-29(43-7)21-17-27/h10-21,23,30-31,39H,8-9,22H2,1-7H3,(H,36,40)(H,37,42). The summed E-state index contributed by atoms with van der Waals surface area (Å²) >= 11 is 0. The Morgan fingerprint density at radius 2 is 1.48 bits per heavy atom. The first-order valence-electron chi connectivity index (χ1n) is 15.0. The van der Waals surface area contributed by atoms with Gasteiger partial charge in [-0.1, -0.05) is 50.2 Å². The van der Waals surface area contributed by atoms with Crippen LogP contribution in [-0.4, -0.2) is 52.7 Å². The van der Waals surface area contributed by atoms with Gasteiger partial charge in [-0.25, -0.2) is 4.79 Å². The second kappa shape index (κ2) is 15.3. The van der Waals surface area contributed by atoms with Gasteiger partial charge in [-0.05, 0) is 93.6 Å². The van der Waals surface area contributed by atoms with Crippen molar-refractivity contribution >= 4 is 23.6 Å². The Balaban J connectivity index is 2.08. The second-order valence-electron chi connectivity index (χ2n) is 11.8. The van der Waals surface area contributed by atoms with E-state index in [1.54, 1.807) is 69.2 Å². The van der Waals surface area contributed by atoms with E-state index in [9.17, 15) is 19.5 Å². The van der Waals surface area contributed by atoms with Gasteiger partial charge in [-0.3, -0.25) is 9.59 Å². The molecular weight excluding hydrogens is 558 g/mol. The van der Waals surface area contributed by atoms with Crippen molar-refractivity contribution in [2.24, 2.45) is 0 Å². The molecule has 3 amide bonds. The maximum Gasteiger partial charge on any atom is 0.408 e. The summed E-state index contributed by atoms with van der Waals surface area (Å²) in [4.78, 5) is 43.3. The van der Waals surface area contributed by atoms with E-state index in [1.165, 1.54) is 12.1 Å². The molecule has 0 aromatic heterocycles. The van der Waals surface area contributed by atoms with E-state index in [0.29, 0.717) is 29.0 Å². The third-order valence-corrected chi connectivity index (χ3v) is 7.27. The van der Waals surface area contributed by atoms with Gasteiger partial charge in [0.1, 0.15) is 29.2 Å². The zero-order valence-corrected chi connectivity index (χ0v) is 26.7. The predicted octanol–water partition coefficient (Wildman–Crippen LogP) is 6.41. The Morgan fingerprint density at radius 1 is 0.886 bits per heavy atom. The molecule has 3 N–H and O–H groups in total. The number of nitrogens with zero attached hydrogens (tertiary/aromatic N) is 1. The van der Waals surface area contributed by atoms with Crippen molar-refractivity contribution in [3.05, 3.63) is 89.5 Å². The monoisotopic (exact) mass is 603 g/mol. The fourth-order valence-electron chi connectivity index (χ4n) is 4.75. The number of aromatic hydroxyl groups is 1. The normalized spacial score (nSPS) is 13.2. The Labute approximate surface area is 260 Å². The predicted molar refractivity (Wildman–Crippen MR) is 172 cm³/mol. The number of amides is 3. The van der Waals surface area contributed by atoms with E-state index < -0.39 is 35.6 Å². The van der Waals surface area contributed by atoms with Crippen LogP contribution in [0.5, 0.6) is 11.5 Å². The molecule has 0 fully saturated rings. The Kier molecular flexibility index (Phi) is 11.8. The number of phenols is 1. The number of rotatable bonds is 12. The first kappa shape index (κ1) is 34.0. The maximum absolute atomic E-state index is 14.6. The van der Waals surface area contributed by atoms with Gasteiger partial charge < -0.3 is 30.1 Å². The summed E-state index contributed by atoms with van der Waals surface area (Å²) in [5.74, 6) is -0.0957. The van der Waals surface area contributed by atoms with E-state index in [4.69, 9.17) is 9.47 Å². The van der Waals surface area contributed by atoms with Gasteiger partial charge in [0, 0.05) is 18.2 Å². The molecule has 0 aliphatic heterocycles. The molecule has 3 unspecified atom stereocenters. The second-order valence-corrected chi connectivity index (χ2v) is 11.8. The zero-order valence-electron chi connectivity index (χ0n) is 26.7. The minimum Gasteiger partial charge on any atom is -0.508 e. The summed E-state index contributed by atoms with van der Waals surface area (Å²) < 4.78 is 10.8. The molecule has 3 rings (SSSR count). The highest BCUT2D eigenvalue weighted by Gasteiger charge is 2.38. The Bertz CT molecular complexity index is 1380. The van der Waals surface area contributed by atoms with Crippen LogP contribution in [0.3, 0.4) is 0 Å². The van der Waals surface area contributed by atoms with Gasteiger partial charge in [0.2, 0.25) is 5.91 Å².